The van der Waals surface area contributed by atoms with Gasteiger partial charge in [0.15, 0.2) is 0 Å². The van der Waals surface area contributed by atoms with Gasteiger partial charge in [0.1, 0.15) is 0 Å². The molecule has 0 aliphatic heterocycles. The van der Waals surface area contributed by atoms with E-state index in [-0.39, 0.29) is 6.04 Å². The lowest BCUT2D eigenvalue weighted by atomic mass is 9.75. The maximum Gasteiger partial charge on any atom is 0.0538 e. The minimum atomic E-state index is 0.256. The van der Waals surface area contributed by atoms with Gasteiger partial charge in [0.05, 0.1) is 6.20 Å². The molecule has 2 rings (SSSR count). The summed E-state index contributed by atoms with van der Waals surface area (Å²) in [5.41, 5.74) is 7.52. The summed E-state index contributed by atoms with van der Waals surface area (Å²) in [7, 11) is 8.50. The van der Waals surface area contributed by atoms with Crippen LogP contribution in [0.15, 0.2) is 12.4 Å². The Morgan fingerprint density at radius 1 is 1.42 bits per heavy atom. The van der Waals surface area contributed by atoms with Gasteiger partial charge in [-0.2, -0.15) is 5.10 Å². The van der Waals surface area contributed by atoms with Gasteiger partial charge in [0.25, 0.3) is 0 Å². The van der Waals surface area contributed by atoms with Crippen molar-refractivity contribution >= 4 is 0 Å². The Labute approximate surface area is 116 Å². The van der Waals surface area contributed by atoms with Crippen LogP contribution in [0.2, 0.25) is 0 Å². The Hall–Kier alpha value is -0.910. The van der Waals surface area contributed by atoms with Crippen LogP contribution in [0.1, 0.15) is 30.9 Å². The third-order valence-electron chi connectivity index (χ3n) is 4.64. The molecule has 0 aromatic carbocycles. The summed E-state index contributed by atoms with van der Waals surface area (Å²) in [5.74, 6) is 0. The van der Waals surface area contributed by atoms with Crippen LogP contribution in [-0.2, 0) is 7.05 Å². The first-order chi connectivity index (χ1) is 8.98. The van der Waals surface area contributed by atoms with Crippen LogP contribution in [0, 0.1) is 0 Å². The Morgan fingerprint density at radius 2 is 2.11 bits per heavy atom. The molecule has 5 nitrogen and oxygen atoms in total. The first-order valence-electron chi connectivity index (χ1n) is 7.05. The normalized spacial score (nSPS) is 19.7. The van der Waals surface area contributed by atoms with Crippen molar-refractivity contribution in [3.8, 4) is 0 Å². The standard InChI is InChI=1S/C14H27N5/c1-17(2)14(6-5-7-14)11-18(3)13(8-15)12-9-16-19(4)10-12/h9-10,13H,5-8,11,15H2,1-4H3. The molecule has 0 bridgehead atoms. The second-order valence-corrected chi connectivity index (χ2v) is 6.09. The molecule has 0 spiro atoms. The van der Waals surface area contributed by atoms with Gasteiger partial charge in [-0.3, -0.25) is 9.58 Å². The van der Waals surface area contributed by atoms with E-state index in [2.05, 4.69) is 42.2 Å². The molecule has 1 aliphatic carbocycles. The Morgan fingerprint density at radius 3 is 2.47 bits per heavy atom. The molecule has 0 radical (unpaired) electrons. The molecule has 1 aromatic rings. The summed E-state index contributed by atoms with van der Waals surface area (Å²) in [4.78, 5) is 4.76. The van der Waals surface area contributed by atoms with Gasteiger partial charge in [-0.05, 0) is 40.4 Å². The van der Waals surface area contributed by atoms with Crippen LogP contribution in [0.4, 0.5) is 0 Å². The van der Waals surface area contributed by atoms with Crippen molar-refractivity contribution in [1.82, 2.24) is 19.6 Å². The van der Waals surface area contributed by atoms with Crippen molar-refractivity contribution in [2.24, 2.45) is 12.8 Å². The smallest absolute Gasteiger partial charge is 0.0538 e. The second-order valence-electron chi connectivity index (χ2n) is 6.09. The van der Waals surface area contributed by atoms with Gasteiger partial charge in [0.2, 0.25) is 0 Å². The highest BCUT2D eigenvalue weighted by molar-refractivity contribution is 5.12. The maximum atomic E-state index is 5.98. The number of rotatable bonds is 6. The number of nitrogens with zero attached hydrogens (tertiary/aromatic N) is 4. The van der Waals surface area contributed by atoms with Crippen LogP contribution >= 0.6 is 0 Å². The van der Waals surface area contributed by atoms with Crippen molar-refractivity contribution in [1.29, 1.82) is 0 Å². The van der Waals surface area contributed by atoms with E-state index in [1.54, 1.807) is 0 Å². The molecule has 19 heavy (non-hydrogen) atoms. The molecular formula is C14H27N5. The Bertz CT molecular complexity index is 408. The summed E-state index contributed by atoms with van der Waals surface area (Å²) >= 11 is 0. The Kier molecular flexibility index (Phi) is 4.28. The summed E-state index contributed by atoms with van der Waals surface area (Å²) in [6.45, 7) is 1.70. The molecule has 5 heteroatoms. The van der Waals surface area contributed by atoms with Crippen LogP contribution in [0.25, 0.3) is 0 Å². The fraction of sp³-hybridized carbons (Fsp3) is 0.786. The topological polar surface area (TPSA) is 50.3 Å². The zero-order valence-corrected chi connectivity index (χ0v) is 12.6. The van der Waals surface area contributed by atoms with Crippen LogP contribution in [0.3, 0.4) is 0 Å². The third-order valence-corrected chi connectivity index (χ3v) is 4.64. The van der Waals surface area contributed by atoms with Crippen molar-refractivity contribution in [3.05, 3.63) is 18.0 Å². The first kappa shape index (κ1) is 14.5. The van der Waals surface area contributed by atoms with E-state index < -0.39 is 0 Å². The molecule has 0 saturated heterocycles. The first-order valence-corrected chi connectivity index (χ1v) is 7.05. The largest absolute Gasteiger partial charge is 0.329 e. The molecule has 1 aromatic heterocycles. The summed E-state index contributed by atoms with van der Waals surface area (Å²) in [6, 6.07) is 0.256. The highest BCUT2D eigenvalue weighted by atomic mass is 15.3. The van der Waals surface area contributed by atoms with E-state index in [4.69, 9.17) is 5.73 Å². The zero-order chi connectivity index (χ0) is 14.0. The van der Waals surface area contributed by atoms with E-state index in [1.165, 1.54) is 24.8 Å². The number of likely N-dealkylation sites (N-methyl/N-ethyl adjacent to an activating group) is 2. The zero-order valence-electron chi connectivity index (χ0n) is 12.6. The van der Waals surface area contributed by atoms with Gasteiger partial charge >= 0.3 is 0 Å². The van der Waals surface area contributed by atoms with Gasteiger partial charge < -0.3 is 10.6 Å². The molecule has 2 N–H and O–H groups in total. The molecule has 1 atom stereocenters. The van der Waals surface area contributed by atoms with Gasteiger partial charge in [-0.25, -0.2) is 0 Å². The monoisotopic (exact) mass is 265 g/mol. The second kappa shape index (κ2) is 5.61. The van der Waals surface area contributed by atoms with Crippen molar-refractivity contribution < 1.29 is 0 Å². The predicted octanol–water partition coefficient (Wildman–Crippen LogP) is 0.836. The van der Waals surface area contributed by atoms with E-state index >= 15 is 0 Å². The highest BCUT2D eigenvalue weighted by Crippen LogP contribution is 2.37. The lowest BCUT2D eigenvalue weighted by Crippen LogP contribution is -2.57. The number of hydrogen-bond donors (Lipinski definition) is 1. The lowest BCUT2D eigenvalue weighted by molar-refractivity contribution is 0.0168. The van der Waals surface area contributed by atoms with E-state index in [1.807, 2.05) is 17.9 Å². The van der Waals surface area contributed by atoms with Crippen LogP contribution in [-0.4, -0.2) is 59.4 Å². The van der Waals surface area contributed by atoms with E-state index in [0.717, 1.165) is 6.54 Å². The van der Waals surface area contributed by atoms with E-state index in [9.17, 15) is 0 Å². The number of aromatic nitrogens is 2. The van der Waals surface area contributed by atoms with Crippen molar-refractivity contribution in [3.63, 3.8) is 0 Å². The van der Waals surface area contributed by atoms with Gasteiger partial charge in [0, 0.05) is 43.5 Å². The Balaban J connectivity index is 2.07. The number of aryl methyl sites for hydroxylation is 1. The summed E-state index contributed by atoms with van der Waals surface area (Å²) in [6.07, 6.45) is 7.91. The average molecular weight is 265 g/mol. The SMILES string of the molecule is CN(CC1(N(C)C)CCC1)C(CN)c1cnn(C)c1. The van der Waals surface area contributed by atoms with Crippen LogP contribution in [0.5, 0.6) is 0 Å². The molecule has 1 fully saturated rings. The summed E-state index contributed by atoms with van der Waals surface area (Å²) < 4.78 is 1.84. The maximum absolute atomic E-state index is 5.98. The van der Waals surface area contributed by atoms with Gasteiger partial charge in [-0.1, -0.05) is 0 Å². The fourth-order valence-corrected chi connectivity index (χ4v) is 3.09. The minimum Gasteiger partial charge on any atom is -0.329 e. The van der Waals surface area contributed by atoms with Crippen molar-refractivity contribution in [2.75, 3.05) is 34.2 Å². The van der Waals surface area contributed by atoms with Crippen LogP contribution < -0.4 is 5.73 Å². The number of hydrogen-bond acceptors (Lipinski definition) is 4. The van der Waals surface area contributed by atoms with E-state index in [0.29, 0.717) is 12.1 Å². The average Bonchev–Trinajstić information content (AvgIpc) is 2.70. The van der Waals surface area contributed by atoms with Crippen molar-refractivity contribution in [2.45, 2.75) is 30.8 Å². The summed E-state index contributed by atoms with van der Waals surface area (Å²) in [5, 5.41) is 4.26. The minimum absolute atomic E-state index is 0.256. The highest BCUT2D eigenvalue weighted by Gasteiger charge is 2.40. The molecule has 108 valence electrons. The number of nitrogens with two attached hydrogens (primary N) is 1. The molecule has 1 unspecified atom stereocenters. The predicted molar refractivity (Wildman–Crippen MR) is 77.9 cm³/mol. The molecule has 0 amide bonds. The lowest BCUT2D eigenvalue weighted by Gasteiger charge is -2.50. The molecule has 1 saturated carbocycles. The fourth-order valence-electron chi connectivity index (χ4n) is 3.09. The third kappa shape index (κ3) is 2.83. The quantitative estimate of drug-likeness (QED) is 0.828. The molecule has 1 aliphatic rings. The van der Waals surface area contributed by atoms with Gasteiger partial charge in [-0.15, -0.1) is 0 Å². The molecule has 1 heterocycles. The molecular weight excluding hydrogens is 238 g/mol.